The Morgan fingerprint density at radius 1 is 1.03 bits per heavy atom. The van der Waals surface area contributed by atoms with E-state index in [4.69, 9.17) is 4.74 Å². The monoisotopic (exact) mass is 449 g/mol. The molecule has 0 atom stereocenters. The summed E-state index contributed by atoms with van der Waals surface area (Å²) in [5.41, 5.74) is 1.79. The number of anilines is 2. The number of urea groups is 1. The number of pyridine rings is 1. The standard InChI is InChI=1S/C23H24FN7O2/c1-23(2,3)31-14-16(12-27-31)28-22(32)29-21-10-17(5-6-19(21)24)33-18-7-8-25-20(9-18)15-11-26-30(4)13-15/h5-14H,1-4H3,(H2,28,29,32). The fourth-order valence-electron chi connectivity index (χ4n) is 3.02. The molecule has 0 aliphatic rings. The van der Waals surface area contributed by atoms with E-state index < -0.39 is 11.8 Å². The van der Waals surface area contributed by atoms with Crippen LogP contribution >= 0.6 is 0 Å². The van der Waals surface area contributed by atoms with Gasteiger partial charge in [0.15, 0.2) is 0 Å². The van der Waals surface area contributed by atoms with Crippen LogP contribution in [0.3, 0.4) is 0 Å². The highest BCUT2D eigenvalue weighted by atomic mass is 19.1. The molecule has 0 spiro atoms. The Labute approximate surface area is 190 Å². The molecule has 170 valence electrons. The van der Waals surface area contributed by atoms with Crippen LogP contribution in [0.5, 0.6) is 11.5 Å². The second-order valence-electron chi connectivity index (χ2n) is 8.45. The van der Waals surface area contributed by atoms with Gasteiger partial charge in [-0.15, -0.1) is 0 Å². The molecule has 0 saturated heterocycles. The summed E-state index contributed by atoms with van der Waals surface area (Å²) in [5.74, 6) is 0.282. The molecule has 2 N–H and O–H groups in total. The van der Waals surface area contributed by atoms with Crippen LogP contribution in [0.1, 0.15) is 20.8 Å². The average Bonchev–Trinajstić information content (AvgIpc) is 3.40. The molecule has 4 aromatic rings. The first-order chi connectivity index (χ1) is 15.7. The number of benzene rings is 1. The Hall–Kier alpha value is -4.21. The van der Waals surface area contributed by atoms with Crippen LogP contribution in [-0.2, 0) is 12.6 Å². The minimum absolute atomic E-state index is 0.0187. The van der Waals surface area contributed by atoms with Crippen molar-refractivity contribution in [3.05, 3.63) is 67.1 Å². The third-order valence-corrected chi connectivity index (χ3v) is 4.68. The van der Waals surface area contributed by atoms with Crippen LogP contribution in [0, 0.1) is 5.82 Å². The van der Waals surface area contributed by atoms with Gasteiger partial charge in [-0.05, 0) is 39.0 Å². The van der Waals surface area contributed by atoms with Crippen molar-refractivity contribution in [2.45, 2.75) is 26.3 Å². The van der Waals surface area contributed by atoms with Crippen molar-refractivity contribution >= 4 is 17.4 Å². The Morgan fingerprint density at radius 3 is 2.52 bits per heavy atom. The molecule has 0 aliphatic carbocycles. The van der Waals surface area contributed by atoms with Gasteiger partial charge in [0, 0.05) is 43.3 Å². The summed E-state index contributed by atoms with van der Waals surface area (Å²) in [4.78, 5) is 16.7. The van der Waals surface area contributed by atoms with Gasteiger partial charge in [0.2, 0.25) is 0 Å². The van der Waals surface area contributed by atoms with Crippen molar-refractivity contribution in [1.29, 1.82) is 0 Å². The van der Waals surface area contributed by atoms with Gasteiger partial charge < -0.3 is 15.4 Å². The van der Waals surface area contributed by atoms with Crippen molar-refractivity contribution in [2.24, 2.45) is 7.05 Å². The maximum Gasteiger partial charge on any atom is 0.323 e. The van der Waals surface area contributed by atoms with Gasteiger partial charge in [-0.25, -0.2) is 9.18 Å². The quantitative estimate of drug-likeness (QED) is 0.446. The lowest BCUT2D eigenvalue weighted by Crippen LogP contribution is -2.22. The van der Waals surface area contributed by atoms with Gasteiger partial charge in [0.25, 0.3) is 0 Å². The molecular formula is C23H24FN7O2. The van der Waals surface area contributed by atoms with Crippen molar-refractivity contribution in [3.8, 4) is 22.8 Å². The van der Waals surface area contributed by atoms with Gasteiger partial charge in [-0.3, -0.25) is 14.3 Å². The average molecular weight is 449 g/mol. The number of nitrogens with one attached hydrogen (secondary N) is 2. The molecule has 0 fully saturated rings. The molecule has 4 rings (SSSR count). The molecule has 0 saturated carbocycles. The number of carbonyl (C=O) groups is 1. The Morgan fingerprint density at radius 2 is 1.82 bits per heavy atom. The van der Waals surface area contributed by atoms with E-state index in [-0.39, 0.29) is 11.2 Å². The Bertz CT molecular complexity index is 1290. The number of amides is 2. The highest BCUT2D eigenvalue weighted by Gasteiger charge is 2.15. The molecule has 3 heterocycles. The summed E-state index contributed by atoms with van der Waals surface area (Å²) >= 11 is 0. The van der Waals surface area contributed by atoms with Crippen molar-refractivity contribution in [3.63, 3.8) is 0 Å². The van der Waals surface area contributed by atoms with E-state index in [0.29, 0.717) is 22.9 Å². The molecular weight excluding hydrogens is 425 g/mol. The number of carbonyl (C=O) groups excluding carboxylic acids is 1. The number of ether oxygens (including phenoxy) is 1. The summed E-state index contributed by atoms with van der Waals surface area (Å²) in [6, 6.07) is 6.98. The van der Waals surface area contributed by atoms with E-state index >= 15 is 0 Å². The number of aryl methyl sites for hydroxylation is 1. The second-order valence-corrected chi connectivity index (χ2v) is 8.45. The fourth-order valence-corrected chi connectivity index (χ4v) is 3.02. The van der Waals surface area contributed by atoms with E-state index in [9.17, 15) is 9.18 Å². The maximum absolute atomic E-state index is 14.3. The van der Waals surface area contributed by atoms with Crippen molar-refractivity contribution in [2.75, 3.05) is 10.6 Å². The van der Waals surface area contributed by atoms with Crippen LogP contribution in [0.4, 0.5) is 20.6 Å². The van der Waals surface area contributed by atoms with Gasteiger partial charge >= 0.3 is 6.03 Å². The van der Waals surface area contributed by atoms with E-state index in [2.05, 4.69) is 25.8 Å². The molecule has 33 heavy (non-hydrogen) atoms. The minimum Gasteiger partial charge on any atom is -0.457 e. The first-order valence-electron chi connectivity index (χ1n) is 10.2. The van der Waals surface area contributed by atoms with Crippen LogP contribution in [0.25, 0.3) is 11.3 Å². The van der Waals surface area contributed by atoms with E-state index in [0.717, 1.165) is 5.56 Å². The Kier molecular flexibility index (Phi) is 5.82. The van der Waals surface area contributed by atoms with Crippen molar-refractivity contribution in [1.82, 2.24) is 24.5 Å². The fraction of sp³-hybridized carbons (Fsp3) is 0.217. The molecule has 3 aromatic heterocycles. The topological polar surface area (TPSA) is 98.9 Å². The minimum atomic E-state index is -0.595. The first-order valence-corrected chi connectivity index (χ1v) is 10.2. The molecule has 9 nitrogen and oxygen atoms in total. The van der Waals surface area contributed by atoms with Gasteiger partial charge in [-0.2, -0.15) is 10.2 Å². The van der Waals surface area contributed by atoms with E-state index in [1.54, 1.807) is 40.1 Å². The lowest BCUT2D eigenvalue weighted by molar-refractivity contribution is 0.262. The van der Waals surface area contributed by atoms with E-state index in [1.807, 2.05) is 34.0 Å². The summed E-state index contributed by atoms with van der Waals surface area (Å²) < 4.78 is 23.6. The number of rotatable bonds is 5. The normalized spacial score (nSPS) is 11.3. The SMILES string of the molecule is Cn1cc(-c2cc(Oc3ccc(F)c(NC(=O)Nc4cnn(C(C)(C)C)c4)c3)ccn2)cn1. The zero-order valence-electron chi connectivity index (χ0n) is 18.7. The molecule has 1 aromatic carbocycles. The summed E-state index contributed by atoms with van der Waals surface area (Å²) in [7, 11) is 1.82. The van der Waals surface area contributed by atoms with Crippen LogP contribution in [0.15, 0.2) is 61.3 Å². The smallest absolute Gasteiger partial charge is 0.323 e. The van der Waals surface area contributed by atoms with Crippen LogP contribution < -0.4 is 15.4 Å². The summed E-state index contributed by atoms with van der Waals surface area (Å²) in [6.45, 7) is 5.98. The number of hydrogen-bond acceptors (Lipinski definition) is 5. The number of aromatic nitrogens is 5. The predicted octanol–water partition coefficient (Wildman–Crippen LogP) is 5.01. The zero-order valence-corrected chi connectivity index (χ0v) is 18.7. The maximum atomic E-state index is 14.3. The van der Waals surface area contributed by atoms with Gasteiger partial charge in [-0.1, -0.05) is 0 Å². The number of nitrogens with zero attached hydrogens (tertiary/aromatic N) is 5. The molecule has 2 amide bonds. The second kappa shape index (κ2) is 8.73. The third-order valence-electron chi connectivity index (χ3n) is 4.68. The molecule has 10 heteroatoms. The predicted molar refractivity (Wildman–Crippen MR) is 123 cm³/mol. The molecule has 0 bridgehead atoms. The largest absolute Gasteiger partial charge is 0.457 e. The molecule has 0 unspecified atom stereocenters. The van der Waals surface area contributed by atoms with Gasteiger partial charge in [0.1, 0.15) is 17.3 Å². The highest BCUT2D eigenvalue weighted by Crippen LogP contribution is 2.28. The summed E-state index contributed by atoms with van der Waals surface area (Å²) in [6.07, 6.45) is 8.40. The van der Waals surface area contributed by atoms with Crippen molar-refractivity contribution < 1.29 is 13.9 Å². The van der Waals surface area contributed by atoms with Crippen LogP contribution in [0.2, 0.25) is 0 Å². The summed E-state index contributed by atoms with van der Waals surface area (Å²) in [5, 5.41) is 13.5. The van der Waals surface area contributed by atoms with Gasteiger partial charge in [0.05, 0.1) is 35.0 Å². The molecule has 0 aliphatic heterocycles. The highest BCUT2D eigenvalue weighted by molar-refractivity contribution is 5.99. The number of halogens is 1. The van der Waals surface area contributed by atoms with Crippen LogP contribution in [-0.4, -0.2) is 30.6 Å². The lowest BCUT2D eigenvalue weighted by atomic mass is 10.1. The number of hydrogen-bond donors (Lipinski definition) is 2. The van der Waals surface area contributed by atoms with E-state index in [1.165, 1.54) is 24.4 Å². The first kappa shape index (κ1) is 22.0. The Balaban J connectivity index is 1.46. The molecule has 0 radical (unpaired) electrons. The zero-order chi connectivity index (χ0) is 23.6. The third kappa shape index (κ3) is 5.35. The lowest BCUT2D eigenvalue weighted by Gasteiger charge is -2.18.